The average Bonchev–Trinajstić information content (AvgIpc) is 2.80. The predicted octanol–water partition coefficient (Wildman–Crippen LogP) is 2.06. The Morgan fingerprint density at radius 3 is 1.35 bits per heavy atom. The summed E-state index contributed by atoms with van der Waals surface area (Å²) >= 11 is 0. The van der Waals surface area contributed by atoms with Gasteiger partial charge in [0, 0.05) is 31.9 Å². The van der Waals surface area contributed by atoms with E-state index in [1.165, 1.54) is 12.1 Å². The predicted molar refractivity (Wildman–Crippen MR) is 95.0 cm³/mol. The van der Waals surface area contributed by atoms with E-state index in [1.54, 1.807) is 19.0 Å². The van der Waals surface area contributed by atoms with Crippen LogP contribution < -0.4 is 21.9 Å². The highest BCUT2D eigenvalue weighted by Crippen LogP contribution is 2.31. The third-order valence-corrected chi connectivity index (χ3v) is 4.41. The largest absolute Gasteiger partial charge is 1.00 e. The molecule has 1 aromatic heterocycles. The summed E-state index contributed by atoms with van der Waals surface area (Å²) in [7, 11) is 3.18. The van der Waals surface area contributed by atoms with E-state index in [4.69, 9.17) is 0 Å². The molecule has 0 unspecified atom stereocenters. The van der Waals surface area contributed by atoms with Gasteiger partial charge in [-0.3, -0.25) is 0 Å². The van der Waals surface area contributed by atoms with Gasteiger partial charge in [-0.1, -0.05) is 0 Å². The van der Waals surface area contributed by atoms with Crippen molar-refractivity contribution >= 4 is 17.2 Å². The number of aromatic nitrogens is 1. The molecule has 14 heteroatoms. The molecule has 2 aromatic carbocycles. The van der Waals surface area contributed by atoms with E-state index in [-0.39, 0.29) is 12.4 Å². The Morgan fingerprint density at radius 1 is 0.618 bits per heavy atom. The number of benzene rings is 2. The van der Waals surface area contributed by atoms with Gasteiger partial charge < -0.3 is 17.3 Å². The molecular weight excluding hydrogens is 508 g/mol. The summed E-state index contributed by atoms with van der Waals surface area (Å²) in [4.78, 5) is 4.65. The Bertz CT molecular complexity index is 1240. The molecule has 34 heavy (non-hydrogen) atoms. The molecule has 0 aliphatic rings. The number of halogens is 11. The van der Waals surface area contributed by atoms with Gasteiger partial charge >= 0.3 is 5.84 Å². The number of nitrogens with zero attached hydrogens (tertiary/aromatic N) is 3. The third kappa shape index (κ3) is 4.39. The fraction of sp³-hybridized carbons (Fsp3) is 0.100. The maximum absolute atomic E-state index is 14.5. The first-order valence-electron chi connectivity index (χ1n) is 8.69. The van der Waals surface area contributed by atoms with E-state index < -0.39 is 75.3 Å². The number of hydrogen-bond acceptors (Lipinski definition) is 2. The minimum Gasteiger partial charge on any atom is -1.00 e. The van der Waals surface area contributed by atoms with Crippen LogP contribution in [0.3, 0.4) is 0 Å². The summed E-state index contributed by atoms with van der Waals surface area (Å²) in [5.41, 5.74) is -3.22. The normalized spacial score (nSPS) is 11.5. The van der Waals surface area contributed by atoms with Gasteiger partial charge in [-0.25, -0.2) is 39.7 Å². The molecule has 0 radical (unpaired) electrons. The first-order valence-corrected chi connectivity index (χ1v) is 8.69. The lowest BCUT2D eigenvalue weighted by molar-refractivity contribution is -0.554. The highest BCUT2D eigenvalue weighted by Gasteiger charge is 2.36. The molecule has 0 saturated carbocycles. The SMILES string of the molecule is CN(C)c1cc[n+](C(=Nc2c(F)c(F)c(F)c(F)c2F)c2c(F)c(F)c(F)c(F)c2F)cc1.[Cl-]. The monoisotopic (exact) mass is 517 g/mol. The fourth-order valence-corrected chi connectivity index (χ4v) is 2.70. The summed E-state index contributed by atoms with van der Waals surface area (Å²) in [5, 5.41) is 0. The van der Waals surface area contributed by atoms with E-state index in [2.05, 4.69) is 4.99 Å². The second kappa shape index (κ2) is 9.87. The van der Waals surface area contributed by atoms with Crippen molar-refractivity contribution in [1.82, 2.24) is 0 Å². The van der Waals surface area contributed by atoms with Gasteiger partial charge in [-0.2, -0.15) is 8.78 Å². The topological polar surface area (TPSA) is 19.5 Å². The molecule has 3 aromatic rings. The molecule has 0 bridgehead atoms. The van der Waals surface area contributed by atoms with Crippen LogP contribution in [0.1, 0.15) is 5.56 Å². The fourth-order valence-electron chi connectivity index (χ4n) is 2.70. The highest BCUT2D eigenvalue weighted by atomic mass is 35.5. The minimum atomic E-state index is -2.54. The van der Waals surface area contributed by atoms with Crippen LogP contribution in [0.2, 0.25) is 0 Å². The van der Waals surface area contributed by atoms with Crippen molar-refractivity contribution in [3.8, 4) is 0 Å². The molecule has 0 spiro atoms. The van der Waals surface area contributed by atoms with E-state index in [0.717, 1.165) is 12.4 Å². The second-order valence-electron chi connectivity index (χ2n) is 6.66. The van der Waals surface area contributed by atoms with Crippen LogP contribution in [-0.2, 0) is 0 Å². The van der Waals surface area contributed by atoms with E-state index in [0.29, 0.717) is 10.3 Å². The molecule has 0 saturated heterocycles. The van der Waals surface area contributed by atoms with Gasteiger partial charge in [0.1, 0.15) is 5.56 Å². The lowest BCUT2D eigenvalue weighted by atomic mass is 10.1. The Labute approximate surface area is 191 Å². The summed E-state index contributed by atoms with van der Waals surface area (Å²) in [5.74, 6) is -26.0. The number of aliphatic imine (C=N–C) groups is 1. The Hall–Kier alpha value is -3.35. The summed E-state index contributed by atoms with van der Waals surface area (Å²) in [6, 6.07) is 2.50. The zero-order chi connectivity index (χ0) is 24.8. The Balaban J connectivity index is 0.00000408. The highest BCUT2D eigenvalue weighted by molar-refractivity contribution is 5.94. The lowest BCUT2D eigenvalue weighted by Crippen LogP contribution is -3.00. The van der Waals surface area contributed by atoms with E-state index in [9.17, 15) is 43.9 Å². The van der Waals surface area contributed by atoms with Crippen LogP contribution in [0.25, 0.3) is 0 Å². The minimum absolute atomic E-state index is 0. The molecular formula is C20H10ClF10N3. The van der Waals surface area contributed by atoms with Crippen LogP contribution in [0.5, 0.6) is 0 Å². The zero-order valence-electron chi connectivity index (χ0n) is 16.8. The maximum atomic E-state index is 14.5. The smallest absolute Gasteiger partial charge is 0.342 e. The quantitative estimate of drug-likeness (QED) is 0.130. The maximum Gasteiger partial charge on any atom is 0.342 e. The van der Waals surface area contributed by atoms with Crippen molar-refractivity contribution in [1.29, 1.82) is 0 Å². The molecule has 3 nitrogen and oxygen atoms in total. The van der Waals surface area contributed by atoms with Crippen molar-refractivity contribution in [2.24, 2.45) is 4.99 Å². The number of anilines is 1. The summed E-state index contributed by atoms with van der Waals surface area (Å²) in [6.45, 7) is 0. The van der Waals surface area contributed by atoms with Crippen LogP contribution in [0, 0.1) is 58.2 Å². The third-order valence-electron chi connectivity index (χ3n) is 4.41. The first kappa shape index (κ1) is 26.9. The molecule has 0 atom stereocenters. The summed E-state index contributed by atoms with van der Waals surface area (Å²) in [6.07, 6.45) is 1.91. The number of hydrogen-bond donors (Lipinski definition) is 0. The molecule has 1 heterocycles. The van der Waals surface area contributed by atoms with Crippen LogP contribution in [0.15, 0.2) is 29.5 Å². The number of pyridine rings is 1. The number of rotatable bonds is 3. The van der Waals surface area contributed by atoms with Crippen molar-refractivity contribution in [2.75, 3.05) is 19.0 Å². The van der Waals surface area contributed by atoms with Gasteiger partial charge in [-0.15, -0.1) is 0 Å². The Morgan fingerprint density at radius 2 is 0.971 bits per heavy atom. The summed E-state index contributed by atoms with van der Waals surface area (Å²) < 4.78 is 139. The van der Waals surface area contributed by atoms with Crippen molar-refractivity contribution in [3.63, 3.8) is 0 Å². The zero-order valence-corrected chi connectivity index (χ0v) is 17.6. The second-order valence-corrected chi connectivity index (χ2v) is 6.66. The first-order chi connectivity index (χ1) is 15.4. The van der Waals surface area contributed by atoms with Gasteiger partial charge in [0.15, 0.2) is 23.3 Å². The molecule has 0 fully saturated rings. The molecule has 182 valence electrons. The average molecular weight is 518 g/mol. The molecule has 0 aliphatic carbocycles. The van der Waals surface area contributed by atoms with Crippen molar-refractivity contribution in [2.45, 2.75) is 0 Å². The van der Waals surface area contributed by atoms with Crippen LogP contribution in [-0.4, -0.2) is 19.9 Å². The lowest BCUT2D eigenvalue weighted by Gasteiger charge is -2.12. The molecule has 3 rings (SSSR count). The van der Waals surface area contributed by atoms with Crippen LogP contribution >= 0.6 is 0 Å². The van der Waals surface area contributed by atoms with Gasteiger partial charge in [0.05, 0.1) is 12.4 Å². The van der Waals surface area contributed by atoms with Gasteiger partial charge in [-0.05, 0) is 4.99 Å². The van der Waals surface area contributed by atoms with Crippen LogP contribution in [0.4, 0.5) is 55.3 Å². The molecule has 0 amide bonds. The van der Waals surface area contributed by atoms with Gasteiger partial charge in [0.2, 0.25) is 34.9 Å². The Kier molecular flexibility index (Phi) is 7.81. The van der Waals surface area contributed by atoms with E-state index in [1.807, 2.05) is 0 Å². The molecule has 0 aliphatic heterocycles. The van der Waals surface area contributed by atoms with E-state index >= 15 is 0 Å². The van der Waals surface area contributed by atoms with Crippen molar-refractivity contribution in [3.05, 3.63) is 88.3 Å². The molecule has 0 N–H and O–H groups in total. The standard InChI is InChI=1S/C20H10F10N3.ClH/c1-32(2)7-3-5-33(6-4-7)20(8-9(21)11(23)13(25)12(24)10(8)22)31-19-17(29)15(27)14(26)16(28)18(19)30;/h3-6H,1-2H3;1H/q+1;/p-1. The van der Waals surface area contributed by atoms with Gasteiger partial charge in [0.25, 0.3) is 5.69 Å². The van der Waals surface area contributed by atoms with Crippen molar-refractivity contribution < 1.29 is 60.9 Å².